The van der Waals surface area contributed by atoms with E-state index in [4.69, 9.17) is 4.74 Å². The maximum absolute atomic E-state index is 5.53. The van der Waals surface area contributed by atoms with Crippen LogP contribution >= 0.6 is 0 Å². The maximum atomic E-state index is 5.53. The third kappa shape index (κ3) is 0.864. The zero-order valence-corrected chi connectivity index (χ0v) is 5.73. The lowest BCUT2D eigenvalue weighted by atomic mass is 9.87. The van der Waals surface area contributed by atoms with Gasteiger partial charge >= 0.3 is 0 Å². The van der Waals surface area contributed by atoms with Crippen molar-refractivity contribution in [1.29, 1.82) is 0 Å². The van der Waals surface area contributed by atoms with Crippen LogP contribution < -0.4 is 5.32 Å². The fourth-order valence-electron chi connectivity index (χ4n) is 1.78. The summed E-state index contributed by atoms with van der Waals surface area (Å²) in [5, 5.41) is 2.38. The lowest BCUT2D eigenvalue weighted by molar-refractivity contribution is -0.682. The Hall–Kier alpha value is -0.0800. The highest BCUT2D eigenvalue weighted by Gasteiger charge is 2.41. The molecular formula is C7H14NO+. The molecule has 52 valence electrons. The van der Waals surface area contributed by atoms with Crippen molar-refractivity contribution in [2.45, 2.75) is 24.9 Å². The van der Waals surface area contributed by atoms with Crippen molar-refractivity contribution in [2.24, 2.45) is 0 Å². The van der Waals surface area contributed by atoms with E-state index in [-0.39, 0.29) is 0 Å². The lowest BCUT2D eigenvalue weighted by Crippen LogP contribution is -2.91. The molecule has 2 fully saturated rings. The molecule has 9 heavy (non-hydrogen) atoms. The number of ether oxygens (including phenoxy) is 1. The van der Waals surface area contributed by atoms with Gasteiger partial charge in [-0.25, -0.2) is 0 Å². The normalized spacial score (nSPS) is 42.7. The Kier molecular flexibility index (Phi) is 1.24. The SMILES string of the molecule is C1C[NH2+]CC2(C1)CCO2. The van der Waals surface area contributed by atoms with Crippen LogP contribution in [0.25, 0.3) is 0 Å². The molecule has 2 heteroatoms. The summed E-state index contributed by atoms with van der Waals surface area (Å²) in [7, 11) is 0. The highest BCUT2D eigenvalue weighted by molar-refractivity contribution is 4.87. The van der Waals surface area contributed by atoms with Crippen molar-refractivity contribution >= 4 is 0 Å². The Labute approximate surface area is 55.6 Å². The average molecular weight is 128 g/mol. The minimum atomic E-state index is 0.345. The van der Waals surface area contributed by atoms with Crippen LogP contribution in [0.5, 0.6) is 0 Å². The molecule has 1 spiro atoms. The minimum absolute atomic E-state index is 0.345. The lowest BCUT2D eigenvalue weighted by Gasteiger charge is -2.42. The topological polar surface area (TPSA) is 25.8 Å². The van der Waals surface area contributed by atoms with Crippen LogP contribution in [-0.4, -0.2) is 25.3 Å². The molecule has 1 unspecified atom stereocenters. The molecule has 2 rings (SSSR count). The standard InChI is InChI=1S/C7H13NO/c1-2-7(3-5-9-7)6-8-4-1/h8H,1-6H2/p+1. The predicted octanol–water partition coefficient (Wildman–Crippen LogP) is -0.497. The third-order valence-corrected chi connectivity index (χ3v) is 2.52. The molecule has 0 bridgehead atoms. The molecule has 0 aromatic heterocycles. The van der Waals surface area contributed by atoms with Gasteiger partial charge < -0.3 is 10.1 Å². The Morgan fingerprint density at radius 3 is 2.56 bits per heavy atom. The molecule has 2 aliphatic rings. The van der Waals surface area contributed by atoms with E-state index in [0.29, 0.717) is 5.60 Å². The van der Waals surface area contributed by atoms with Gasteiger partial charge in [-0.2, -0.15) is 0 Å². The zero-order valence-electron chi connectivity index (χ0n) is 5.73. The highest BCUT2D eigenvalue weighted by Crippen LogP contribution is 2.30. The van der Waals surface area contributed by atoms with Crippen LogP contribution in [0.15, 0.2) is 0 Å². The number of piperidine rings is 1. The van der Waals surface area contributed by atoms with Crippen LogP contribution in [-0.2, 0) is 4.74 Å². The zero-order chi connectivity index (χ0) is 6.16. The number of rotatable bonds is 0. The van der Waals surface area contributed by atoms with Gasteiger partial charge in [-0.1, -0.05) is 0 Å². The van der Waals surface area contributed by atoms with E-state index in [1.54, 1.807) is 0 Å². The number of hydrogen-bond acceptors (Lipinski definition) is 1. The molecule has 2 nitrogen and oxygen atoms in total. The molecule has 2 N–H and O–H groups in total. The van der Waals surface area contributed by atoms with Gasteiger partial charge in [-0.3, -0.25) is 0 Å². The first-order chi connectivity index (χ1) is 4.41. The average Bonchev–Trinajstić information content (AvgIpc) is 1.87. The van der Waals surface area contributed by atoms with Crippen molar-refractivity contribution in [3.05, 3.63) is 0 Å². The molecule has 0 aromatic carbocycles. The second-order valence-electron chi connectivity index (χ2n) is 3.17. The summed E-state index contributed by atoms with van der Waals surface area (Å²) in [4.78, 5) is 0. The summed E-state index contributed by atoms with van der Waals surface area (Å²) < 4.78 is 5.53. The molecule has 0 aliphatic carbocycles. The van der Waals surface area contributed by atoms with Gasteiger partial charge in [0.05, 0.1) is 13.2 Å². The molecule has 0 aromatic rings. The van der Waals surface area contributed by atoms with E-state index < -0.39 is 0 Å². The summed E-state index contributed by atoms with van der Waals surface area (Å²) in [5.41, 5.74) is 0.345. The molecule has 1 atom stereocenters. The number of hydrogen-bond donors (Lipinski definition) is 1. The van der Waals surface area contributed by atoms with Crippen molar-refractivity contribution in [3.63, 3.8) is 0 Å². The van der Waals surface area contributed by atoms with E-state index in [0.717, 1.165) is 6.61 Å². The Balaban J connectivity index is 1.93. The van der Waals surface area contributed by atoms with Crippen molar-refractivity contribution in [3.8, 4) is 0 Å². The maximum Gasteiger partial charge on any atom is 0.119 e. The minimum Gasteiger partial charge on any atom is -0.369 e. The first kappa shape index (κ1) is 5.69. The molecular weight excluding hydrogens is 114 g/mol. The van der Waals surface area contributed by atoms with E-state index >= 15 is 0 Å². The summed E-state index contributed by atoms with van der Waals surface area (Å²) in [6.45, 7) is 3.53. The number of quaternary nitrogens is 1. The van der Waals surface area contributed by atoms with E-state index in [1.807, 2.05) is 0 Å². The van der Waals surface area contributed by atoms with E-state index in [9.17, 15) is 0 Å². The monoisotopic (exact) mass is 128 g/mol. The second kappa shape index (κ2) is 1.96. The molecule has 2 heterocycles. The largest absolute Gasteiger partial charge is 0.369 e. The Morgan fingerprint density at radius 1 is 1.33 bits per heavy atom. The predicted molar refractivity (Wildman–Crippen MR) is 34.2 cm³/mol. The summed E-state index contributed by atoms with van der Waals surface area (Å²) in [6.07, 6.45) is 3.97. The Morgan fingerprint density at radius 2 is 2.22 bits per heavy atom. The fraction of sp³-hybridized carbons (Fsp3) is 1.00. The summed E-state index contributed by atoms with van der Waals surface area (Å²) in [6, 6.07) is 0. The van der Waals surface area contributed by atoms with Crippen molar-refractivity contribution in [2.75, 3.05) is 19.7 Å². The first-order valence-electron chi connectivity index (χ1n) is 3.87. The van der Waals surface area contributed by atoms with Crippen LogP contribution in [0.1, 0.15) is 19.3 Å². The van der Waals surface area contributed by atoms with Crippen LogP contribution in [0.2, 0.25) is 0 Å². The summed E-state index contributed by atoms with van der Waals surface area (Å²) >= 11 is 0. The van der Waals surface area contributed by atoms with Crippen LogP contribution in [0.3, 0.4) is 0 Å². The molecule has 2 aliphatic heterocycles. The second-order valence-corrected chi connectivity index (χ2v) is 3.17. The Bertz CT molecular complexity index is 101. The molecule has 0 saturated carbocycles. The summed E-state index contributed by atoms with van der Waals surface area (Å²) in [5.74, 6) is 0. The van der Waals surface area contributed by atoms with Crippen LogP contribution in [0, 0.1) is 0 Å². The molecule has 0 amide bonds. The first-order valence-corrected chi connectivity index (χ1v) is 3.87. The smallest absolute Gasteiger partial charge is 0.119 e. The number of nitrogens with two attached hydrogens (primary N) is 1. The van der Waals surface area contributed by atoms with Gasteiger partial charge in [0, 0.05) is 6.42 Å². The van der Waals surface area contributed by atoms with E-state index in [2.05, 4.69) is 5.32 Å². The highest BCUT2D eigenvalue weighted by atomic mass is 16.5. The van der Waals surface area contributed by atoms with Gasteiger partial charge in [0.15, 0.2) is 0 Å². The molecule has 0 radical (unpaired) electrons. The van der Waals surface area contributed by atoms with Crippen molar-refractivity contribution in [1.82, 2.24) is 0 Å². The quantitative estimate of drug-likeness (QED) is 0.468. The van der Waals surface area contributed by atoms with Crippen molar-refractivity contribution < 1.29 is 10.1 Å². The van der Waals surface area contributed by atoms with Gasteiger partial charge in [-0.05, 0) is 12.8 Å². The fourth-order valence-corrected chi connectivity index (χ4v) is 1.78. The van der Waals surface area contributed by atoms with E-state index in [1.165, 1.54) is 32.4 Å². The van der Waals surface area contributed by atoms with Crippen LogP contribution in [0.4, 0.5) is 0 Å². The van der Waals surface area contributed by atoms with Gasteiger partial charge in [-0.15, -0.1) is 0 Å². The van der Waals surface area contributed by atoms with Gasteiger partial charge in [0.1, 0.15) is 12.1 Å². The third-order valence-electron chi connectivity index (χ3n) is 2.52. The molecule has 2 saturated heterocycles. The van der Waals surface area contributed by atoms with Gasteiger partial charge in [0.25, 0.3) is 0 Å². The van der Waals surface area contributed by atoms with Gasteiger partial charge in [0.2, 0.25) is 0 Å².